The second kappa shape index (κ2) is 10.3. The summed E-state index contributed by atoms with van der Waals surface area (Å²) in [5, 5.41) is 11.4. The van der Waals surface area contributed by atoms with Gasteiger partial charge in [0, 0.05) is 52.0 Å². The maximum atomic E-state index is 12.7. The molecule has 0 bridgehead atoms. The van der Waals surface area contributed by atoms with Crippen molar-refractivity contribution >= 4 is 46.2 Å². The quantitative estimate of drug-likeness (QED) is 0.253. The van der Waals surface area contributed by atoms with Crippen molar-refractivity contribution in [3.8, 4) is 0 Å². The van der Waals surface area contributed by atoms with Crippen LogP contribution in [-0.2, 0) is 4.79 Å². The predicted octanol–water partition coefficient (Wildman–Crippen LogP) is 4.80. The third kappa shape index (κ3) is 4.91. The Hall–Kier alpha value is -2.64. The highest BCUT2D eigenvalue weighted by atomic mass is 35.5. The van der Waals surface area contributed by atoms with Gasteiger partial charge in [0.1, 0.15) is 0 Å². The van der Waals surface area contributed by atoms with Gasteiger partial charge in [-0.15, -0.1) is 0 Å². The number of hydrogen-bond acceptors (Lipinski definition) is 3. The van der Waals surface area contributed by atoms with Crippen molar-refractivity contribution in [3.63, 3.8) is 0 Å². The third-order valence-corrected chi connectivity index (χ3v) is 8.71. The van der Waals surface area contributed by atoms with Gasteiger partial charge < -0.3 is 20.9 Å². The number of amides is 3. The molecule has 1 aromatic heterocycles. The zero-order valence-electron chi connectivity index (χ0n) is 18.9. The second-order valence-electron chi connectivity index (χ2n) is 9.04. The number of fused-ring (bicyclic) bond motifs is 2. The molecule has 8 heteroatoms. The molecule has 3 heterocycles. The lowest BCUT2D eigenvalue weighted by molar-refractivity contribution is -0.121. The van der Waals surface area contributed by atoms with E-state index in [9.17, 15) is 9.59 Å². The van der Waals surface area contributed by atoms with Crippen molar-refractivity contribution in [1.82, 2.24) is 20.9 Å². The minimum absolute atomic E-state index is 0.0425. The zero-order chi connectivity index (χ0) is 23.5. The molecule has 5 rings (SSSR count). The summed E-state index contributed by atoms with van der Waals surface area (Å²) in [5.74, 6) is 0.982. The van der Waals surface area contributed by atoms with Crippen LogP contribution in [0.5, 0.6) is 0 Å². The van der Waals surface area contributed by atoms with Gasteiger partial charge >= 0.3 is 6.03 Å². The van der Waals surface area contributed by atoms with E-state index in [4.69, 9.17) is 11.6 Å². The third-order valence-electron chi connectivity index (χ3n) is 6.86. The van der Waals surface area contributed by atoms with E-state index in [0.717, 1.165) is 47.0 Å². The first kappa shape index (κ1) is 23.1. The van der Waals surface area contributed by atoms with E-state index in [1.54, 1.807) is 0 Å². The number of carbonyl (C=O) groups is 2. The number of thioether (sulfide) groups is 1. The van der Waals surface area contributed by atoms with Gasteiger partial charge in [0.15, 0.2) is 0 Å². The van der Waals surface area contributed by atoms with Crippen LogP contribution in [-0.4, -0.2) is 46.6 Å². The Balaban J connectivity index is 1.17. The molecule has 4 atom stereocenters. The maximum Gasteiger partial charge on any atom is 0.315 e. The number of para-hydroxylation sites is 1. The van der Waals surface area contributed by atoms with Crippen molar-refractivity contribution in [3.05, 3.63) is 70.9 Å². The molecule has 0 saturated carbocycles. The van der Waals surface area contributed by atoms with E-state index < -0.39 is 0 Å². The Morgan fingerprint density at radius 2 is 1.91 bits per heavy atom. The van der Waals surface area contributed by atoms with Crippen molar-refractivity contribution in [2.24, 2.45) is 0 Å². The number of benzene rings is 2. The van der Waals surface area contributed by atoms with E-state index in [2.05, 4.69) is 33.1 Å². The van der Waals surface area contributed by atoms with Gasteiger partial charge in [-0.3, -0.25) is 4.79 Å². The number of rotatable bonds is 9. The average Bonchev–Trinajstić information content (AvgIpc) is 3.53. The monoisotopic (exact) mass is 496 g/mol. The topological polar surface area (TPSA) is 86.0 Å². The molecule has 3 aromatic rings. The first-order chi connectivity index (χ1) is 16.6. The highest BCUT2D eigenvalue weighted by Crippen LogP contribution is 2.35. The maximum absolute atomic E-state index is 12.7. The predicted molar refractivity (Wildman–Crippen MR) is 139 cm³/mol. The number of H-pyrrole nitrogens is 1. The smallest absolute Gasteiger partial charge is 0.315 e. The fraction of sp³-hybridized carbons (Fsp3) is 0.385. The lowest BCUT2D eigenvalue weighted by Gasteiger charge is -2.20. The van der Waals surface area contributed by atoms with Crippen LogP contribution in [0, 0.1) is 0 Å². The van der Waals surface area contributed by atoms with E-state index in [0.29, 0.717) is 23.2 Å². The van der Waals surface area contributed by atoms with Gasteiger partial charge in [0.25, 0.3) is 0 Å². The molecule has 2 fully saturated rings. The first-order valence-corrected chi connectivity index (χ1v) is 13.3. The van der Waals surface area contributed by atoms with Crippen molar-refractivity contribution in [2.75, 3.05) is 12.3 Å². The Labute approximate surface area is 208 Å². The van der Waals surface area contributed by atoms with Crippen molar-refractivity contribution in [2.45, 2.75) is 48.9 Å². The number of aromatic nitrogens is 1. The molecular formula is C26H29ClN4O2S. The van der Waals surface area contributed by atoms with Gasteiger partial charge in [-0.1, -0.05) is 54.4 Å². The summed E-state index contributed by atoms with van der Waals surface area (Å²) in [5.41, 5.74) is 3.21. The average molecular weight is 497 g/mol. The number of unbranched alkanes of at least 4 members (excludes halogenated alkanes) is 1. The number of aromatic amines is 1. The molecule has 2 aliphatic heterocycles. The highest BCUT2D eigenvalue weighted by molar-refractivity contribution is 8.00. The van der Waals surface area contributed by atoms with Gasteiger partial charge in [-0.2, -0.15) is 11.8 Å². The van der Waals surface area contributed by atoms with Gasteiger partial charge in [-0.05, 0) is 36.1 Å². The molecule has 4 N–H and O–H groups in total. The Morgan fingerprint density at radius 3 is 2.79 bits per heavy atom. The number of carbonyl (C=O) groups excluding carboxylic acids is 2. The molecule has 2 saturated heterocycles. The minimum Gasteiger partial charge on any atom is -0.361 e. The summed E-state index contributed by atoms with van der Waals surface area (Å²) in [6.07, 6.45) is 5.35. The van der Waals surface area contributed by atoms with Crippen molar-refractivity contribution < 1.29 is 9.59 Å². The largest absolute Gasteiger partial charge is 0.361 e. The van der Waals surface area contributed by atoms with E-state index >= 15 is 0 Å². The summed E-state index contributed by atoms with van der Waals surface area (Å²) in [7, 11) is 0. The van der Waals surface area contributed by atoms with Gasteiger partial charge in [0.2, 0.25) is 5.91 Å². The molecule has 2 aromatic carbocycles. The van der Waals surface area contributed by atoms with E-state index in [1.807, 2.05) is 54.4 Å². The number of hydrogen-bond donors (Lipinski definition) is 4. The SMILES string of the molecule is O=C(CCCC[C@@H]1SC[C@@H]2NC(=O)N[C@@H]21)NCC(c1ccccc1Cl)c1c[nH]c2ccccc12. The molecule has 0 aliphatic carbocycles. The van der Waals surface area contributed by atoms with Gasteiger partial charge in [0.05, 0.1) is 12.1 Å². The first-order valence-electron chi connectivity index (χ1n) is 11.9. The van der Waals surface area contributed by atoms with E-state index in [-0.39, 0.29) is 29.9 Å². The lowest BCUT2D eigenvalue weighted by Crippen LogP contribution is -2.36. The minimum atomic E-state index is -0.0528. The molecular weight excluding hydrogens is 468 g/mol. The summed E-state index contributed by atoms with van der Waals surface area (Å²) in [4.78, 5) is 27.6. The molecule has 3 amide bonds. The van der Waals surface area contributed by atoms with Crippen LogP contribution in [0.25, 0.3) is 10.9 Å². The molecule has 178 valence electrons. The van der Waals surface area contributed by atoms with Crippen LogP contribution in [0.1, 0.15) is 42.7 Å². The standard InChI is InChI=1S/C26H29ClN4O2S/c27-20-9-3-1-7-16(20)18(19-13-28-21-10-4-2-8-17(19)21)14-29-24(32)12-6-5-11-23-25-22(15-34-23)30-26(33)31-25/h1-4,7-10,13,18,22-23,25,28H,5-6,11-12,14-15H2,(H,29,32)(H2,30,31,33)/t18?,22-,23-,25-/m0/s1. The molecule has 2 aliphatic rings. The highest BCUT2D eigenvalue weighted by Gasteiger charge is 2.42. The van der Waals surface area contributed by atoms with Crippen LogP contribution in [0.15, 0.2) is 54.7 Å². The Bertz CT molecular complexity index is 1180. The Morgan fingerprint density at radius 1 is 1.09 bits per heavy atom. The van der Waals surface area contributed by atoms with Gasteiger partial charge in [-0.25, -0.2) is 4.79 Å². The van der Waals surface area contributed by atoms with Crippen LogP contribution >= 0.6 is 23.4 Å². The Kier molecular flexibility index (Phi) is 7.02. The van der Waals surface area contributed by atoms with Crippen LogP contribution in [0.3, 0.4) is 0 Å². The molecule has 1 unspecified atom stereocenters. The summed E-state index contributed by atoms with van der Waals surface area (Å²) in [6, 6.07) is 16.4. The summed E-state index contributed by atoms with van der Waals surface area (Å²) in [6.45, 7) is 0.490. The number of urea groups is 1. The number of halogens is 1. The molecule has 0 radical (unpaired) electrons. The van der Waals surface area contributed by atoms with Crippen molar-refractivity contribution in [1.29, 1.82) is 0 Å². The fourth-order valence-electron chi connectivity index (χ4n) is 5.11. The van der Waals surface area contributed by atoms with E-state index in [1.165, 1.54) is 0 Å². The molecule has 0 spiro atoms. The fourth-order valence-corrected chi connectivity index (χ4v) is 6.92. The summed E-state index contributed by atoms with van der Waals surface area (Å²) >= 11 is 8.47. The van der Waals surface area contributed by atoms with Crippen LogP contribution < -0.4 is 16.0 Å². The molecule has 6 nitrogen and oxygen atoms in total. The second-order valence-corrected chi connectivity index (χ2v) is 10.7. The molecule has 34 heavy (non-hydrogen) atoms. The summed E-state index contributed by atoms with van der Waals surface area (Å²) < 4.78 is 0. The lowest BCUT2D eigenvalue weighted by atomic mass is 9.90. The zero-order valence-corrected chi connectivity index (χ0v) is 20.4. The van der Waals surface area contributed by atoms with Crippen LogP contribution in [0.4, 0.5) is 4.79 Å². The number of nitrogens with one attached hydrogen (secondary N) is 4. The van der Waals surface area contributed by atoms with Crippen LogP contribution in [0.2, 0.25) is 5.02 Å². The normalized spacial score (nSPS) is 22.3.